The molecular formula is C47H68N10O18S. The van der Waals surface area contributed by atoms with E-state index in [1.165, 1.54) is 69.4 Å². The number of carbonyl (C=O) groups is 8. The molecule has 12 atom stereocenters. The summed E-state index contributed by atoms with van der Waals surface area (Å²) in [5.41, 5.74) is 11.7. The molecule has 2 aromatic rings. The van der Waals surface area contributed by atoms with E-state index < -0.39 is 143 Å². The van der Waals surface area contributed by atoms with Gasteiger partial charge in [-0.15, -0.1) is 0 Å². The van der Waals surface area contributed by atoms with Crippen LogP contribution in [0.15, 0.2) is 53.5 Å². The van der Waals surface area contributed by atoms with E-state index in [0.29, 0.717) is 10.5 Å². The molecule has 0 aromatic heterocycles. The van der Waals surface area contributed by atoms with Gasteiger partial charge in [-0.05, 0) is 80.8 Å². The van der Waals surface area contributed by atoms with Crippen molar-refractivity contribution in [2.45, 2.75) is 139 Å². The zero-order valence-corrected chi connectivity index (χ0v) is 43.2. The minimum Gasteiger partial charge on any atom is -0.508 e. The van der Waals surface area contributed by atoms with Gasteiger partial charge in [-0.1, -0.05) is 44.5 Å². The van der Waals surface area contributed by atoms with Gasteiger partial charge in [0.2, 0.25) is 35.4 Å². The average Bonchev–Trinajstić information content (AvgIpc) is 3.35. The molecule has 2 aliphatic heterocycles. The number of ether oxygens (including phenoxy) is 1. The summed E-state index contributed by atoms with van der Waals surface area (Å²) < 4.78 is 41.3. The van der Waals surface area contributed by atoms with Crippen LogP contribution >= 0.6 is 0 Å². The number of phenolic OH excluding ortho intramolecular Hbond substituents is 2. The number of hydrogen-bond acceptors (Lipinski definition) is 18. The predicted octanol–water partition coefficient (Wildman–Crippen LogP) is -3.95. The van der Waals surface area contributed by atoms with Gasteiger partial charge in [0.1, 0.15) is 72.7 Å². The van der Waals surface area contributed by atoms with Crippen LogP contribution in [-0.2, 0) is 70.5 Å². The number of amides is 7. The number of carbonyl (C=O) groups excluding carboxylic acids is 8. The summed E-state index contributed by atoms with van der Waals surface area (Å²) in [4.78, 5) is 120. The number of nitrogens with one attached hydrogen (secondary N) is 5. The summed E-state index contributed by atoms with van der Waals surface area (Å²) in [6.45, 7) is 4.22. The molecule has 420 valence electrons. The Balaban J connectivity index is 1.89. The third kappa shape index (κ3) is 17.4. The van der Waals surface area contributed by atoms with Crippen LogP contribution < -0.4 is 38.1 Å². The molecule has 0 spiro atoms. The fourth-order valence-corrected chi connectivity index (χ4v) is 8.61. The van der Waals surface area contributed by atoms with Gasteiger partial charge in [0, 0.05) is 26.4 Å². The molecule has 0 unspecified atom stereocenters. The number of nitrogens with zero attached hydrogens (tertiary/aromatic N) is 3. The van der Waals surface area contributed by atoms with Crippen LogP contribution in [0.5, 0.6) is 11.5 Å². The standard InChI is InChI=1S/C47H68N10O18S/c1-6-23(2)36-46(70)75-25(4)37(55-40(64)32(20-26-9-13-28(59)14-10-26)53-42(66)34(61)22-74-76(71,72)73)43(67)51-30(8-7-19-50-47(48)49)39(63)52-31-17-18-35(62)57(44(31)68)38(24(3)58)45(69)56(5)33(41(65)54-36)21-27-11-15-29(60)16-12-27/h9-16,23-25,30-38,58-62H,6-8,17-22H2,1-5H3,(H,51,67)(H,52,63)(H,53,66)(H,54,65)(H,55,64)(H4,48,49,50)(H,71,72,73)/t23-,24+,25-,30+,31+,32+,33+,34-,35-,36+,37+,38+/m1/s1. The third-order valence-corrected chi connectivity index (χ3v) is 13.2. The maximum absolute atomic E-state index is 14.7. The van der Waals surface area contributed by atoms with Crippen molar-refractivity contribution >= 4 is 63.7 Å². The minimum absolute atomic E-state index is 0.00181. The van der Waals surface area contributed by atoms with E-state index in [-0.39, 0.29) is 68.1 Å². The number of piperidine rings is 1. The number of aliphatic imine (C=N–C) groups is 1. The number of hydrogen-bond donors (Lipinski definition) is 13. The van der Waals surface area contributed by atoms with E-state index in [0.717, 1.165) is 4.90 Å². The zero-order chi connectivity index (χ0) is 56.8. The van der Waals surface area contributed by atoms with Gasteiger partial charge >= 0.3 is 16.4 Å². The highest BCUT2D eigenvalue weighted by atomic mass is 32.3. The summed E-state index contributed by atoms with van der Waals surface area (Å²) in [5.74, 6) is -10.4. The molecule has 0 radical (unpaired) electrons. The molecular weight excluding hydrogens is 1020 g/mol. The molecule has 29 heteroatoms. The van der Waals surface area contributed by atoms with Gasteiger partial charge in [0.15, 0.2) is 12.1 Å². The number of rotatable bonds is 18. The van der Waals surface area contributed by atoms with Crippen molar-refractivity contribution in [3.8, 4) is 11.5 Å². The number of likely N-dealkylation sites (N-methyl/N-ethyl adjacent to an activating group) is 1. The van der Waals surface area contributed by atoms with Crippen LogP contribution in [0.2, 0.25) is 0 Å². The summed E-state index contributed by atoms with van der Waals surface area (Å²) in [5, 5.41) is 65.1. The first-order valence-electron chi connectivity index (χ1n) is 24.2. The largest absolute Gasteiger partial charge is 0.508 e. The van der Waals surface area contributed by atoms with Crippen LogP contribution in [0.4, 0.5) is 0 Å². The van der Waals surface area contributed by atoms with E-state index >= 15 is 0 Å². The number of aromatic hydroxyl groups is 2. The molecule has 2 bridgehead atoms. The van der Waals surface area contributed by atoms with Crippen molar-refractivity contribution in [3.63, 3.8) is 0 Å². The van der Waals surface area contributed by atoms with Gasteiger partial charge in [-0.2, -0.15) is 8.42 Å². The molecule has 7 amide bonds. The lowest BCUT2D eigenvalue weighted by Crippen LogP contribution is -2.67. The first kappa shape index (κ1) is 61.4. The lowest BCUT2D eigenvalue weighted by molar-refractivity contribution is -0.170. The topological polar surface area (TPSA) is 442 Å². The number of aliphatic hydroxyl groups excluding tert-OH is 3. The van der Waals surface area contributed by atoms with Gasteiger partial charge in [-0.25, -0.2) is 8.98 Å². The van der Waals surface area contributed by atoms with Gasteiger partial charge < -0.3 is 78.1 Å². The van der Waals surface area contributed by atoms with Crippen LogP contribution in [0.1, 0.15) is 70.9 Å². The van der Waals surface area contributed by atoms with Crippen molar-refractivity contribution < 1.29 is 85.8 Å². The second kappa shape index (κ2) is 27.6. The number of phenols is 2. The summed E-state index contributed by atoms with van der Waals surface area (Å²) >= 11 is 0. The molecule has 2 aromatic carbocycles. The normalized spacial score (nSPS) is 24.9. The van der Waals surface area contributed by atoms with Crippen LogP contribution in [0, 0.1) is 5.92 Å². The van der Waals surface area contributed by atoms with E-state index in [9.17, 15) is 72.3 Å². The number of esters is 1. The second-order valence-corrected chi connectivity index (χ2v) is 19.6. The number of guanidine groups is 1. The highest BCUT2D eigenvalue weighted by Crippen LogP contribution is 2.25. The molecule has 0 aliphatic carbocycles. The Morgan fingerprint density at radius 2 is 1.49 bits per heavy atom. The quantitative estimate of drug-likeness (QED) is 0.0223. The SMILES string of the molecule is CC[C@@H](C)[C@@H]1NC(=O)[C@H](Cc2ccc(O)cc2)N(C)C(=O)[C@H]([C@H](C)O)N2C(=O)[C@H](CC[C@H]2O)NC(=O)[C@H](CCCN=C(N)N)NC(=O)[C@@H](NC(=O)[C@H](Cc2ccc(O)cc2)NC(=O)[C@H](O)COS(=O)(=O)O)[C@@H](C)OC1=O. The van der Waals surface area contributed by atoms with Crippen molar-refractivity contribution in [2.75, 3.05) is 20.2 Å². The summed E-state index contributed by atoms with van der Waals surface area (Å²) in [7, 11) is -3.94. The first-order valence-corrected chi connectivity index (χ1v) is 25.6. The Hall–Kier alpha value is -7.18. The Kier molecular flexibility index (Phi) is 22.3. The Morgan fingerprint density at radius 1 is 0.882 bits per heavy atom. The van der Waals surface area contributed by atoms with E-state index in [4.69, 9.17) is 20.8 Å². The van der Waals surface area contributed by atoms with E-state index in [2.05, 4.69) is 35.8 Å². The van der Waals surface area contributed by atoms with Gasteiger partial charge in [0.25, 0.3) is 5.91 Å². The van der Waals surface area contributed by atoms with Crippen molar-refractivity contribution in [3.05, 3.63) is 59.7 Å². The molecule has 2 heterocycles. The zero-order valence-electron chi connectivity index (χ0n) is 42.4. The number of benzene rings is 2. The maximum Gasteiger partial charge on any atom is 0.397 e. The Labute approximate surface area is 437 Å². The van der Waals surface area contributed by atoms with Gasteiger partial charge in [0.05, 0.1) is 6.10 Å². The van der Waals surface area contributed by atoms with E-state index in [1.807, 2.05) is 0 Å². The highest BCUT2D eigenvalue weighted by Gasteiger charge is 2.47. The fraction of sp³-hybridized carbons (Fsp3) is 0.553. The Morgan fingerprint density at radius 3 is 2.05 bits per heavy atom. The molecule has 0 saturated carbocycles. The lowest BCUT2D eigenvalue weighted by atomic mass is 9.96. The molecule has 15 N–H and O–H groups in total. The smallest absolute Gasteiger partial charge is 0.397 e. The van der Waals surface area contributed by atoms with E-state index in [1.54, 1.807) is 13.8 Å². The molecule has 76 heavy (non-hydrogen) atoms. The fourth-order valence-electron chi connectivity index (χ4n) is 8.31. The van der Waals surface area contributed by atoms with Crippen LogP contribution in [0.3, 0.4) is 0 Å². The monoisotopic (exact) mass is 1090 g/mol. The predicted molar refractivity (Wildman–Crippen MR) is 266 cm³/mol. The number of fused-ring (bicyclic) bond motifs is 2. The number of aliphatic hydroxyl groups is 3. The van der Waals surface area contributed by atoms with Crippen molar-refractivity contribution in [2.24, 2.45) is 22.4 Å². The van der Waals surface area contributed by atoms with Gasteiger partial charge in [-0.3, -0.25) is 43.1 Å². The van der Waals surface area contributed by atoms with Crippen LogP contribution in [0.25, 0.3) is 0 Å². The Bertz CT molecular complexity index is 2530. The first-order chi connectivity index (χ1) is 35.6. The molecule has 4 rings (SSSR count). The molecule has 2 saturated heterocycles. The number of cyclic esters (lactones) is 1. The maximum atomic E-state index is 14.7. The third-order valence-electron chi connectivity index (χ3n) is 12.8. The highest BCUT2D eigenvalue weighted by molar-refractivity contribution is 7.80. The molecule has 2 aliphatic rings. The van der Waals surface area contributed by atoms with Crippen molar-refractivity contribution in [1.29, 1.82) is 0 Å². The summed E-state index contributed by atoms with van der Waals surface area (Å²) in [6.07, 6.45) is -8.67. The number of nitrogens with two attached hydrogens (primary N) is 2. The average molecular weight is 1090 g/mol. The molecule has 28 nitrogen and oxygen atoms in total. The molecule has 2 fully saturated rings. The summed E-state index contributed by atoms with van der Waals surface area (Å²) in [6, 6.07) is -1.10. The minimum atomic E-state index is -5.15. The van der Waals surface area contributed by atoms with Crippen LogP contribution in [-0.4, -0.2) is 189 Å². The second-order valence-electron chi connectivity index (χ2n) is 18.6. The lowest BCUT2D eigenvalue weighted by Gasteiger charge is -2.43. The van der Waals surface area contributed by atoms with Crippen molar-refractivity contribution in [1.82, 2.24) is 36.4 Å².